The molecule has 1 aromatic heterocycles. The molecule has 0 spiro atoms. The van der Waals surface area contributed by atoms with E-state index < -0.39 is 15.3 Å². The van der Waals surface area contributed by atoms with Crippen molar-refractivity contribution in [2.24, 2.45) is 5.14 Å². The third-order valence-electron chi connectivity index (χ3n) is 4.43. The average Bonchev–Trinajstić information content (AvgIpc) is 2.70. The lowest BCUT2D eigenvalue weighted by Gasteiger charge is -2.16. The number of amides is 1. The van der Waals surface area contributed by atoms with Crippen LogP contribution in [0, 0.1) is 0 Å². The first-order valence-corrected chi connectivity index (χ1v) is 12.2. The number of rotatable bonds is 7. The molecule has 0 saturated heterocycles. The number of fused-ring (bicyclic) bond motifs is 1. The van der Waals surface area contributed by atoms with Crippen molar-refractivity contribution in [3.63, 3.8) is 0 Å². The molecule has 2 aromatic carbocycles. The first kappa shape index (κ1) is 23.3. The number of sulfonamides is 1. The summed E-state index contributed by atoms with van der Waals surface area (Å²) in [6.07, 6.45) is 0.727. The summed E-state index contributed by atoms with van der Waals surface area (Å²) in [5.41, 5.74) is 0.713. The van der Waals surface area contributed by atoms with Gasteiger partial charge >= 0.3 is 0 Å². The quantitative estimate of drug-likeness (QED) is 0.395. The summed E-state index contributed by atoms with van der Waals surface area (Å²) in [7, 11) is -3.81. The van der Waals surface area contributed by atoms with Crippen molar-refractivity contribution in [3.05, 3.63) is 57.8 Å². The number of anilines is 1. The number of aromatic nitrogens is 2. The van der Waals surface area contributed by atoms with Gasteiger partial charge < -0.3 is 5.32 Å². The molecule has 1 heterocycles. The Kier molecular flexibility index (Phi) is 7.05. The average molecular weight is 481 g/mol. The van der Waals surface area contributed by atoms with E-state index >= 15 is 0 Å². The molecule has 3 N–H and O–H groups in total. The maximum absolute atomic E-state index is 12.9. The highest BCUT2D eigenvalue weighted by molar-refractivity contribution is 8.00. The summed E-state index contributed by atoms with van der Waals surface area (Å²) in [6.45, 7) is 4.12. The zero-order chi connectivity index (χ0) is 22.8. The summed E-state index contributed by atoms with van der Waals surface area (Å²) in [6, 6.07) is 10.5. The summed E-state index contributed by atoms with van der Waals surface area (Å²) in [5.74, 6) is -0.322. The van der Waals surface area contributed by atoms with Crippen LogP contribution >= 0.6 is 23.4 Å². The molecule has 0 aliphatic rings. The van der Waals surface area contributed by atoms with E-state index in [2.05, 4.69) is 10.3 Å². The fourth-order valence-corrected chi connectivity index (χ4v) is 4.48. The predicted molar refractivity (Wildman–Crippen MR) is 123 cm³/mol. The third kappa shape index (κ3) is 5.45. The molecule has 8 nitrogen and oxygen atoms in total. The second kappa shape index (κ2) is 9.39. The highest BCUT2D eigenvalue weighted by Gasteiger charge is 2.20. The summed E-state index contributed by atoms with van der Waals surface area (Å²) >= 11 is 7.21. The molecule has 1 atom stereocenters. The van der Waals surface area contributed by atoms with E-state index in [1.165, 1.54) is 24.3 Å². The topological polar surface area (TPSA) is 124 Å². The van der Waals surface area contributed by atoms with E-state index in [0.29, 0.717) is 33.3 Å². The Morgan fingerprint density at radius 2 is 1.94 bits per heavy atom. The first-order valence-electron chi connectivity index (χ1n) is 9.40. The summed E-state index contributed by atoms with van der Waals surface area (Å²) in [4.78, 5) is 30.1. The Morgan fingerprint density at radius 1 is 1.26 bits per heavy atom. The molecule has 0 aliphatic heterocycles. The van der Waals surface area contributed by atoms with Gasteiger partial charge in [-0.1, -0.05) is 30.3 Å². The highest BCUT2D eigenvalue weighted by atomic mass is 35.5. The molecule has 0 saturated carbocycles. The normalized spacial score (nSPS) is 12.6. The van der Waals surface area contributed by atoms with Crippen LogP contribution in [0.15, 0.2) is 57.3 Å². The molecule has 0 fully saturated rings. The number of carbonyl (C=O) groups excluding carboxylic acids is 1. The zero-order valence-electron chi connectivity index (χ0n) is 16.8. The van der Waals surface area contributed by atoms with Gasteiger partial charge in [0.25, 0.3) is 5.56 Å². The van der Waals surface area contributed by atoms with E-state index in [1.807, 2.05) is 6.92 Å². The standard InChI is InChI=1S/C20H21ClN4O4S2/c1-3-10-25-19(27)16-9-4-13(21)11-17(16)24-20(25)30-12(2)18(26)23-14-5-7-15(8-6-14)31(22,28)29/h4-9,11-12H,3,10H2,1-2H3,(H,23,26)(H2,22,28,29). The smallest absolute Gasteiger partial charge is 0.262 e. The lowest BCUT2D eigenvalue weighted by atomic mass is 10.2. The molecule has 3 rings (SSSR count). The number of benzene rings is 2. The van der Waals surface area contributed by atoms with Gasteiger partial charge in [-0.2, -0.15) is 0 Å². The summed E-state index contributed by atoms with van der Waals surface area (Å²) < 4.78 is 24.3. The molecule has 0 aliphatic carbocycles. The van der Waals surface area contributed by atoms with Crippen molar-refractivity contribution in [2.75, 3.05) is 5.32 Å². The minimum absolute atomic E-state index is 0.0458. The second-order valence-electron chi connectivity index (χ2n) is 6.83. The number of nitrogens with zero attached hydrogens (tertiary/aromatic N) is 2. The number of hydrogen-bond donors (Lipinski definition) is 2. The maximum atomic E-state index is 12.9. The minimum Gasteiger partial charge on any atom is -0.325 e. The number of halogens is 1. The van der Waals surface area contributed by atoms with Crippen LogP contribution in [0.4, 0.5) is 5.69 Å². The van der Waals surface area contributed by atoms with Gasteiger partial charge in [0.1, 0.15) is 0 Å². The largest absolute Gasteiger partial charge is 0.325 e. The Bertz CT molecular complexity index is 1290. The van der Waals surface area contributed by atoms with Crippen LogP contribution in [0.25, 0.3) is 10.9 Å². The monoisotopic (exact) mass is 480 g/mol. The van der Waals surface area contributed by atoms with Crippen molar-refractivity contribution in [3.8, 4) is 0 Å². The fourth-order valence-electron chi connectivity index (χ4n) is 2.87. The van der Waals surface area contributed by atoms with Gasteiger partial charge in [0, 0.05) is 17.3 Å². The van der Waals surface area contributed by atoms with Crippen LogP contribution < -0.4 is 16.0 Å². The molecule has 3 aromatic rings. The molecule has 0 radical (unpaired) electrons. The van der Waals surface area contributed by atoms with E-state index in [4.69, 9.17) is 16.7 Å². The Balaban J connectivity index is 1.84. The predicted octanol–water partition coefficient (Wildman–Crippen LogP) is 3.23. The minimum atomic E-state index is -3.81. The Hall–Kier alpha value is -2.40. The summed E-state index contributed by atoms with van der Waals surface area (Å²) in [5, 5.41) is 8.58. The van der Waals surface area contributed by atoms with Gasteiger partial charge in [-0.25, -0.2) is 18.5 Å². The number of carbonyl (C=O) groups is 1. The van der Waals surface area contributed by atoms with E-state index in [9.17, 15) is 18.0 Å². The molecule has 0 bridgehead atoms. The van der Waals surface area contributed by atoms with Crippen LogP contribution in [0.2, 0.25) is 5.02 Å². The van der Waals surface area contributed by atoms with Crippen LogP contribution in [0.3, 0.4) is 0 Å². The molecular weight excluding hydrogens is 460 g/mol. The fraction of sp³-hybridized carbons (Fsp3) is 0.250. The van der Waals surface area contributed by atoms with Gasteiger partial charge in [0.15, 0.2) is 5.16 Å². The van der Waals surface area contributed by atoms with Crippen molar-refractivity contribution < 1.29 is 13.2 Å². The highest BCUT2D eigenvalue weighted by Crippen LogP contribution is 2.25. The number of nitrogens with two attached hydrogens (primary N) is 1. The van der Waals surface area contributed by atoms with Crippen molar-refractivity contribution in [1.82, 2.24) is 9.55 Å². The van der Waals surface area contributed by atoms with Gasteiger partial charge in [-0.3, -0.25) is 14.2 Å². The van der Waals surface area contributed by atoms with E-state index in [-0.39, 0.29) is 16.4 Å². The van der Waals surface area contributed by atoms with Crippen LogP contribution in [-0.4, -0.2) is 29.1 Å². The van der Waals surface area contributed by atoms with E-state index in [1.54, 1.807) is 29.7 Å². The molecular formula is C20H21ClN4O4S2. The number of primary sulfonamides is 1. The first-order chi connectivity index (χ1) is 14.6. The second-order valence-corrected chi connectivity index (χ2v) is 10.1. The van der Waals surface area contributed by atoms with E-state index in [0.717, 1.165) is 18.2 Å². The number of nitrogens with one attached hydrogen (secondary N) is 1. The van der Waals surface area contributed by atoms with Crippen molar-refractivity contribution in [2.45, 2.75) is 42.1 Å². The maximum Gasteiger partial charge on any atom is 0.262 e. The lowest BCUT2D eigenvalue weighted by Crippen LogP contribution is -2.27. The van der Waals surface area contributed by atoms with Crippen LogP contribution in [0.1, 0.15) is 20.3 Å². The number of hydrogen-bond acceptors (Lipinski definition) is 6. The van der Waals surface area contributed by atoms with Gasteiger partial charge in [-0.05, 0) is 55.8 Å². The molecule has 1 unspecified atom stereocenters. The van der Waals surface area contributed by atoms with Crippen molar-refractivity contribution >= 4 is 55.9 Å². The van der Waals surface area contributed by atoms with Crippen molar-refractivity contribution in [1.29, 1.82) is 0 Å². The van der Waals surface area contributed by atoms with Gasteiger partial charge in [0.05, 0.1) is 21.0 Å². The Labute approximate surface area is 188 Å². The Morgan fingerprint density at radius 3 is 2.55 bits per heavy atom. The lowest BCUT2D eigenvalue weighted by molar-refractivity contribution is -0.115. The molecule has 31 heavy (non-hydrogen) atoms. The number of thioether (sulfide) groups is 1. The zero-order valence-corrected chi connectivity index (χ0v) is 19.2. The molecule has 11 heteroatoms. The third-order valence-corrected chi connectivity index (χ3v) is 6.69. The van der Waals surface area contributed by atoms with Gasteiger partial charge in [0.2, 0.25) is 15.9 Å². The van der Waals surface area contributed by atoms with Crippen LogP contribution in [0.5, 0.6) is 0 Å². The van der Waals surface area contributed by atoms with Crippen LogP contribution in [-0.2, 0) is 21.4 Å². The molecule has 1 amide bonds. The molecule has 164 valence electrons. The SMILES string of the molecule is CCCn1c(SC(C)C(=O)Nc2ccc(S(N)(=O)=O)cc2)nc2cc(Cl)ccc2c1=O. The van der Waals surface area contributed by atoms with Gasteiger partial charge in [-0.15, -0.1) is 0 Å².